The predicted octanol–water partition coefficient (Wildman–Crippen LogP) is 3.34. The molecule has 1 heterocycles. The van der Waals surface area contributed by atoms with Crippen molar-refractivity contribution >= 4 is 11.9 Å². The average Bonchev–Trinajstić information content (AvgIpc) is 2.87. The number of carbonyl (C=O) groups is 2. The number of amides is 1. The summed E-state index contributed by atoms with van der Waals surface area (Å²) < 4.78 is 5.38. The number of aryl methyl sites for hydroxylation is 1. The van der Waals surface area contributed by atoms with Crippen LogP contribution in [0.25, 0.3) is 0 Å². The third kappa shape index (κ3) is 4.00. The Morgan fingerprint density at radius 2 is 1.87 bits per heavy atom. The van der Waals surface area contributed by atoms with Gasteiger partial charge in [0.15, 0.2) is 0 Å². The van der Waals surface area contributed by atoms with E-state index in [2.05, 4.69) is 5.32 Å². The molecule has 2 aromatic rings. The fourth-order valence-corrected chi connectivity index (χ4v) is 2.63. The van der Waals surface area contributed by atoms with Crippen molar-refractivity contribution in [2.24, 2.45) is 5.92 Å². The highest BCUT2D eigenvalue weighted by Crippen LogP contribution is 2.24. The number of hydrogen-bond acceptors (Lipinski definition) is 3. The van der Waals surface area contributed by atoms with Crippen molar-refractivity contribution in [1.29, 1.82) is 0 Å². The summed E-state index contributed by atoms with van der Waals surface area (Å²) in [7, 11) is 0. The maximum Gasteiger partial charge on any atom is 0.339 e. The highest BCUT2D eigenvalue weighted by molar-refractivity contribution is 5.89. The molecule has 0 aliphatic rings. The Labute approximate surface area is 135 Å². The van der Waals surface area contributed by atoms with Gasteiger partial charge in [0.25, 0.3) is 0 Å². The van der Waals surface area contributed by atoms with Crippen LogP contribution in [0.5, 0.6) is 0 Å². The van der Waals surface area contributed by atoms with Crippen LogP contribution >= 0.6 is 0 Å². The summed E-state index contributed by atoms with van der Waals surface area (Å²) in [5, 5.41) is 11.9. The van der Waals surface area contributed by atoms with Gasteiger partial charge in [-0.05, 0) is 24.5 Å². The van der Waals surface area contributed by atoms with Crippen LogP contribution in [0.15, 0.2) is 40.8 Å². The van der Waals surface area contributed by atoms with E-state index < -0.39 is 5.97 Å². The monoisotopic (exact) mass is 315 g/mol. The average molecular weight is 315 g/mol. The minimum atomic E-state index is -1.03. The number of aromatic carboxylic acids is 1. The Balaban J connectivity index is 2.08. The Morgan fingerprint density at radius 1 is 1.22 bits per heavy atom. The molecule has 2 rings (SSSR count). The van der Waals surface area contributed by atoms with Crippen LogP contribution in [-0.4, -0.2) is 17.0 Å². The van der Waals surface area contributed by atoms with Gasteiger partial charge >= 0.3 is 5.97 Å². The molecule has 0 spiro atoms. The van der Waals surface area contributed by atoms with Gasteiger partial charge in [-0.3, -0.25) is 4.79 Å². The molecule has 1 aromatic carbocycles. The van der Waals surface area contributed by atoms with E-state index >= 15 is 0 Å². The van der Waals surface area contributed by atoms with Gasteiger partial charge in [0, 0.05) is 0 Å². The number of benzene rings is 1. The van der Waals surface area contributed by atoms with E-state index in [-0.39, 0.29) is 29.9 Å². The number of carbonyl (C=O) groups excluding carboxylic acids is 1. The van der Waals surface area contributed by atoms with Crippen LogP contribution in [-0.2, 0) is 11.3 Å². The lowest BCUT2D eigenvalue weighted by molar-refractivity contribution is -0.123. The van der Waals surface area contributed by atoms with Crippen molar-refractivity contribution in [3.05, 3.63) is 59.0 Å². The molecule has 122 valence electrons. The van der Waals surface area contributed by atoms with Crippen LogP contribution in [0.2, 0.25) is 0 Å². The minimum absolute atomic E-state index is 0.0999. The van der Waals surface area contributed by atoms with Gasteiger partial charge in [-0.2, -0.15) is 0 Å². The van der Waals surface area contributed by atoms with E-state index in [0.717, 1.165) is 5.56 Å². The van der Waals surface area contributed by atoms with Crippen LogP contribution in [0.4, 0.5) is 0 Å². The van der Waals surface area contributed by atoms with Gasteiger partial charge in [-0.1, -0.05) is 44.2 Å². The van der Waals surface area contributed by atoms with E-state index in [4.69, 9.17) is 9.52 Å². The summed E-state index contributed by atoms with van der Waals surface area (Å²) in [5.41, 5.74) is 1.08. The molecule has 2 N–H and O–H groups in total. The Morgan fingerprint density at radius 3 is 2.39 bits per heavy atom. The fourth-order valence-electron chi connectivity index (χ4n) is 2.63. The largest absolute Gasteiger partial charge is 0.478 e. The quantitative estimate of drug-likeness (QED) is 0.857. The summed E-state index contributed by atoms with van der Waals surface area (Å²) in [6.07, 6.45) is 0. The number of nitrogens with one attached hydrogen (secondary N) is 1. The van der Waals surface area contributed by atoms with Gasteiger partial charge in [0.05, 0.1) is 12.5 Å². The first-order chi connectivity index (χ1) is 10.9. The lowest BCUT2D eigenvalue weighted by Crippen LogP contribution is -2.31. The van der Waals surface area contributed by atoms with Gasteiger partial charge in [0.2, 0.25) is 5.91 Å². The van der Waals surface area contributed by atoms with E-state index in [1.165, 1.54) is 6.07 Å². The molecule has 1 amide bonds. The normalized spacial score (nSPS) is 12.2. The van der Waals surface area contributed by atoms with E-state index in [9.17, 15) is 9.59 Å². The highest BCUT2D eigenvalue weighted by atomic mass is 16.4. The van der Waals surface area contributed by atoms with E-state index in [1.54, 1.807) is 6.92 Å². The summed E-state index contributed by atoms with van der Waals surface area (Å²) in [4.78, 5) is 23.5. The molecule has 0 aliphatic heterocycles. The summed E-state index contributed by atoms with van der Waals surface area (Å²) in [5.74, 6) is -0.476. The highest BCUT2D eigenvalue weighted by Gasteiger charge is 2.24. The summed E-state index contributed by atoms with van der Waals surface area (Å²) >= 11 is 0. The molecule has 0 saturated heterocycles. The second-order valence-electron chi connectivity index (χ2n) is 5.84. The molecule has 1 unspecified atom stereocenters. The molecule has 0 saturated carbocycles. The molecule has 0 fully saturated rings. The van der Waals surface area contributed by atoms with Crippen molar-refractivity contribution in [3.63, 3.8) is 0 Å². The molecule has 1 atom stereocenters. The molecule has 0 bridgehead atoms. The zero-order chi connectivity index (χ0) is 17.0. The topological polar surface area (TPSA) is 79.5 Å². The second-order valence-corrected chi connectivity index (χ2v) is 5.84. The van der Waals surface area contributed by atoms with Crippen LogP contribution < -0.4 is 5.32 Å². The molecule has 23 heavy (non-hydrogen) atoms. The van der Waals surface area contributed by atoms with Crippen LogP contribution in [0.3, 0.4) is 0 Å². The molecule has 5 nitrogen and oxygen atoms in total. The zero-order valence-corrected chi connectivity index (χ0v) is 13.5. The van der Waals surface area contributed by atoms with Gasteiger partial charge < -0.3 is 14.8 Å². The molecular formula is C18H21NO4. The van der Waals surface area contributed by atoms with Crippen molar-refractivity contribution in [2.75, 3.05) is 0 Å². The molecule has 0 radical (unpaired) electrons. The first kappa shape index (κ1) is 16.8. The Hall–Kier alpha value is -2.56. The van der Waals surface area contributed by atoms with Gasteiger partial charge in [-0.15, -0.1) is 0 Å². The predicted molar refractivity (Wildman–Crippen MR) is 86.3 cm³/mol. The molecule has 0 aliphatic carbocycles. The van der Waals surface area contributed by atoms with E-state index in [1.807, 2.05) is 44.2 Å². The minimum Gasteiger partial charge on any atom is -0.478 e. The van der Waals surface area contributed by atoms with Crippen molar-refractivity contribution in [3.8, 4) is 0 Å². The number of furan rings is 1. The van der Waals surface area contributed by atoms with Crippen LogP contribution in [0.1, 0.15) is 47.2 Å². The SMILES string of the molecule is Cc1oc(CNC(=O)C(c2ccccc2)C(C)C)cc1C(=O)O. The Bertz CT molecular complexity index is 688. The van der Waals surface area contributed by atoms with Crippen LogP contribution in [0, 0.1) is 12.8 Å². The maximum absolute atomic E-state index is 12.5. The smallest absolute Gasteiger partial charge is 0.339 e. The van der Waals surface area contributed by atoms with Crippen molar-refractivity contribution in [2.45, 2.75) is 33.2 Å². The van der Waals surface area contributed by atoms with E-state index in [0.29, 0.717) is 11.5 Å². The Kier molecular flexibility index (Phi) is 5.21. The molecule has 5 heteroatoms. The third-order valence-corrected chi connectivity index (χ3v) is 3.74. The molecular weight excluding hydrogens is 294 g/mol. The zero-order valence-electron chi connectivity index (χ0n) is 13.5. The fraction of sp³-hybridized carbons (Fsp3) is 0.333. The molecule has 1 aromatic heterocycles. The maximum atomic E-state index is 12.5. The number of carboxylic acid groups (broad SMARTS) is 1. The first-order valence-corrected chi connectivity index (χ1v) is 7.55. The van der Waals surface area contributed by atoms with Crippen molar-refractivity contribution in [1.82, 2.24) is 5.32 Å². The summed E-state index contributed by atoms with van der Waals surface area (Å²) in [6.45, 7) is 5.76. The van der Waals surface area contributed by atoms with Gasteiger partial charge in [0.1, 0.15) is 17.1 Å². The third-order valence-electron chi connectivity index (χ3n) is 3.74. The standard InChI is InChI=1S/C18H21NO4/c1-11(2)16(13-7-5-4-6-8-13)17(20)19-10-14-9-15(18(21)22)12(3)23-14/h4-9,11,16H,10H2,1-3H3,(H,19,20)(H,21,22). The lowest BCUT2D eigenvalue weighted by atomic mass is 9.87. The van der Waals surface area contributed by atoms with Gasteiger partial charge in [-0.25, -0.2) is 4.79 Å². The number of hydrogen-bond donors (Lipinski definition) is 2. The summed E-state index contributed by atoms with van der Waals surface area (Å²) in [6, 6.07) is 11.1. The first-order valence-electron chi connectivity index (χ1n) is 7.55. The number of rotatable bonds is 6. The van der Waals surface area contributed by atoms with Crippen molar-refractivity contribution < 1.29 is 19.1 Å². The lowest BCUT2D eigenvalue weighted by Gasteiger charge is -2.20. The second kappa shape index (κ2) is 7.13. The number of carboxylic acids is 1.